The number of nitrogens with zero attached hydrogens (tertiary/aromatic N) is 1. The SMILES string of the molecule is COC(=O)c1ccc(Cn2c(=O)[nH]c3sc4c(c3c2=O)-c2ccccc2CC4)o1. The number of thiophene rings is 1. The maximum absolute atomic E-state index is 13.3. The molecule has 0 atom stereocenters. The van der Waals surface area contributed by atoms with Crippen LogP contribution < -0.4 is 11.2 Å². The van der Waals surface area contributed by atoms with Gasteiger partial charge < -0.3 is 9.15 Å². The summed E-state index contributed by atoms with van der Waals surface area (Å²) in [7, 11) is 1.26. The zero-order chi connectivity index (χ0) is 20.1. The van der Waals surface area contributed by atoms with Gasteiger partial charge in [0.05, 0.1) is 19.0 Å². The molecule has 146 valence electrons. The lowest BCUT2D eigenvalue weighted by Gasteiger charge is -2.16. The van der Waals surface area contributed by atoms with Gasteiger partial charge in [-0.2, -0.15) is 0 Å². The molecule has 1 aliphatic rings. The molecule has 4 aromatic rings. The van der Waals surface area contributed by atoms with Crippen molar-refractivity contribution in [1.29, 1.82) is 0 Å². The second-order valence-electron chi connectivity index (χ2n) is 6.84. The molecule has 0 saturated heterocycles. The van der Waals surface area contributed by atoms with Gasteiger partial charge in [-0.1, -0.05) is 24.3 Å². The number of H-pyrrole nitrogens is 1. The molecule has 29 heavy (non-hydrogen) atoms. The lowest BCUT2D eigenvalue weighted by molar-refractivity contribution is 0.0563. The van der Waals surface area contributed by atoms with Crippen molar-refractivity contribution in [3.8, 4) is 11.1 Å². The lowest BCUT2D eigenvalue weighted by Crippen LogP contribution is -2.35. The third-order valence-electron chi connectivity index (χ3n) is 5.18. The molecule has 3 aromatic heterocycles. The number of aryl methyl sites for hydroxylation is 2. The minimum Gasteiger partial charge on any atom is -0.463 e. The van der Waals surface area contributed by atoms with E-state index in [1.54, 1.807) is 6.07 Å². The molecule has 1 aliphatic carbocycles. The molecule has 0 amide bonds. The van der Waals surface area contributed by atoms with E-state index in [9.17, 15) is 14.4 Å². The van der Waals surface area contributed by atoms with Gasteiger partial charge in [-0.05, 0) is 36.1 Å². The summed E-state index contributed by atoms with van der Waals surface area (Å²) in [6, 6.07) is 11.1. The lowest BCUT2D eigenvalue weighted by atomic mass is 9.89. The fourth-order valence-corrected chi connectivity index (χ4v) is 5.02. The van der Waals surface area contributed by atoms with E-state index in [4.69, 9.17) is 4.42 Å². The normalized spacial score (nSPS) is 12.6. The van der Waals surface area contributed by atoms with Crippen LogP contribution in [0.25, 0.3) is 21.3 Å². The maximum Gasteiger partial charge on any atom is 0.373 e. The summed E-state index contributed by atoms with van der Waals surface area (Å²) in [5.74, 6) is -0.270. The fraction of sp³-hybridized carbons (Fsp3) is 0.190. The number of aromatic nitrogens is 2. The summed E-state index contributed by atoms with van der Waals surface area (Å²) in [6.45, 7) is -0.0760. The number of benzene rings is 1. The number of carbonyl (C=O) groups is 1. The van der Waals surface area contributed by atoms with Crippen LogP contribution in [0.1, 0.15) is 26.8 Å². The van der Waals surface area contributed by atoms with Crippen LogP contribution in [0.15, 0.2) is 50.4 Å². The second kappa shape index (κ2) is 6.59. The van der Waals surface area contributed by atoms with Gasteiger partial charge in [0.1, 0.15) is 10.6 Å². The number of rotatable bonds is 3. The van der Waals surface area contributed by atoms with E-state index in [0.717, 1.165) is 33.4 Å². The first-order valence-corrected chi connectivity index (χ1v) is 9.92. The summed E-state index contributed by atoms with van der Waals surface area (Å²) in [5, 5.41) is 0.525. The number of ether oxygens (including phenoxy) is 1. The van der Waals surface area contributed by atoms with Crippen LogP contribution in [0.3, 0.4) is 0 Å². The Hall–Kier alpha value is -3.39. The molecule has 7 nitrogen and oxygen atoms in total. The van der Waals surface area contributed by atoms with Gasteiger partial charge in [-0.25, -0.2) is 9.59 Å². The Morgan fingerprint density at radius 3 is 2.86 bits per heavy atom. The van der Waals surface area contributed by atoms with Crippen LogP contribution in [0.5, 0.6) is 0 Å². The number of fused-ring (bicyclic) bond motifs is 5. The first-order chi connectivity index (χ1) is 14.1. The van der Waals surface area contributed by atoms with E-state index in [0.29, 0.717) is 16.0 Å². The van der Waals surface area contributed by atoms with Crippen molar-refractivity contribution in [3.05, 3.63) is 79.2 Å². The topological polar surface area (TPSA) is 94.3 Å². The molecule has 0 fully saturated rings. The van der Waals surface area contributed by atoms with Gasteiger partial charge in [0.25, 0.3) is 5.56 Å². The monoisotopic (exact) mass is 408 g/mol. The highest BCUT2D eigenvalue weighted by molar-refractivity contribution is 7.19. The van der Waals surface area contributed by atoms with Gasteiger partial charge in [0, 0.05) is 10.4 Å². The van der Waals surface area contributed by atoms with Crippen molar-refractivity contribution in [2.75, 3.05) is 7.11 Å². The minimum absolute atomic E-state index is 0.0231. The molecule has 8 heteroatoms. The highest BCUT2D eigenvalue weighted by Crippen LogP contribution is 2.41. The molecule has 0 aliphatic heterocycles. The van der Waals surface area contributed by atoms with Crippen LogP contribution in [0.2, 0.25) is 0 Å². The van der Waals surface area contributed by atoms with Crippen LogP contribution in [-0.2, 0) is 24.1 Å². The summed E-state index contributed by atoms with van der Waals surface area (Å²) in [4.78, 5) is 42.0. The smallest absolute Gasteiger partial charge is 0.373 e. The average Bonchev–Trinajstić information content (AvgIpc) is 3.35. The largest absolute Gasteiger partial charge is 0.463 e. The van der Waals surface area contributed by atoms with Crippen molar-refractivity contribution in [1.82, 2.24) is 9.55 Å². The molecule has 5 rings (SSSR count). The molecule has 3 heterocycles. The Labute approximate surface area is 168 Å². The van der Waals surface area contributed by atoms with Crippen molar-refractivity contribution in [2.24, 2.45) is 0 Å². The third-order valence-corrected chi connectivity index (χ3v) is 6.34. The van der Waals surface area contributed by atoms with Crippen LogP contribution in [-0.4, -0.2) is 22.6 Å². The predicted octanol–water partition coefficient (Wildman–Crippen LogP) is 2.94. The Morgan fingerprint density at radius 2 is 2.03 bits per heavy atom. The predicted molar refractivity (Wildman–Crippen MR) is 109 cm³/mol. The fourth-order valence-electron chi connectivity index (χ4n) is 3.83. The van der Waals surface area contributed by atoms with Gasteiger partial charge in [-0.15, -0.1) is 11.3 Å². The molecule has 0 unspecified atom stereocenters. The number of furan rings is 1. The second-order valence-corrected chi connectivity index (χ2v) is 7.95. The standard InChI is InChI=1S/C21H16N2O5S/c1-27-20(25)14-8-7-12(28-14)10-23-19(24)17-16-13-5-3-2-4-11(13)6-9-15(16)29-18(17)22-21(23)26/h2-5,7-8H,6,9-10H2,1H3,(H,22,26). The van der Waals surface area contributed by atoms with Crippen LogP contribution in [0, 0.1) is 0 Å². The zero-order valence-corrected chi connectivity index (χ0v) is 16.3. The average molecular weight is 408 g/mol. The molecule has 0 spiro atoms. The molecule has 0 bridgehead atoms. The van der Waals surface area contributed by atoms with Crippen molar-refractivity contribution >= 4 is 27.5 Å². The summed E-state index contributed by atoms with van der Waals surface area (Å²) in [5.41, 5.74) is 2.28. The molecule has 1 N–H and O–H groups in total. The number of hydrogen-bond acceptors (Lipinski definition) is 6. The summed E-state index contributed by atoms with van der Waals surface area (Å²) in [6.07, 6.45) is 1.75. The Bertz CT molecular complexity index is 1390. The molecule has 0 saturated carbocycles. The van der Waals surface area contributed by atoms with Gasteiger partial charge in [0.15, 0.2) is 0 Å². The highest BCUT2D eigenvalue weighted by atomic mass is 32.1. The van der Waals surface area contributed by atoms with E-state index >= 15 is 0 Å². The summed E-state index contributed by atoms with van der Waals surface area (Å²) < 4.78 is 11.2. The van der Waals surface area contributed by atoms with Crippen LogP contribution in [0.4, 0.5) is 0 Å². The highest BCUT2D eigenvalue weighted by Gasteiger charge is 2.25. The van der Waals surface area contributed by atoms with E-state index in [-0.39, 0.29) is 17.9 Å². The number of aromatic amines is 1. The van der Waals surface area contributed by atoms with Gasteiger partial charge >= 0.3 is 11.7 Å². The summed E-state index contributed by atoms with van der Waals surface area (Å²) >= 11 is 1.46. The van der Waals surface area contributed by atoms with Crippen molar-refractivity contribution in [2.45, 2.75) is 19.4 Å². The Balaban J connectivity index is 1.67. The molecule has 0 radical (unpaired) electrons. The van der Waals surface area contributed by atoms with E-state index in [1.165, 1.54) is 30.1 Å². The first-order valence-electron chi connectivity index (χ1n) is 9.10. The first kappa shape index (κ1) is 17.7. The quantitative estimate of drug-likeness (QED) is 0.526. The maximum atomic E-state index is 13.3. The van der Waals surface area contributed by atoms with E-state index < -0.39 is 11.7 Å². The Kier molecular flexibility index (Phi) is 4.02. The van der Waals surface area contributed by atoms with Crippen molar-refractivity contribution in [3.63, 3.8) is 0 Å². The number of esters is 1. The minimum atomic E-state index is -0.614. The molecule has 1 aromatic carbocycles. The van der Waals surface area contributed by atoms with Gasteiger partial charge in [0.2, 0.25) is 5.76 Å². The number of hydrogen-bond donors (Lipinski definition) is 1. The molecular weight excluding hydrogens is 392 g/mol. The molecular formula is C21H16N2O5S. The zero-order valence-electron chi connectivity index (χ0n) is 15.5. The Morgan fingerprint density at radius 1 is 1.21 bits per heavy atom. The van der Waals surface area contributed by atoms with Crippen LogP contribution >= 0.6 is 11.3 Å². The van der Waals surface area contributed by atoms with Crippen molar-refractivity contribution < 1.29 is 13.9 Å². The van der Waals surface area contributed by atoms with E-state index in [2.05, 4.69) is 15.8 Å². The number of carbonyl (C=O) groups excluding carboxylic acids is 1. The van der Waals surface area contributed by atoms with E-state index in [1.807, 2.05) is 18.2 Å². The van der Waals surface area contributed by atoms with Gasteiger partial charge in [-0.3, -0.25) is 14.3 Å². The number of methoxy groups -OCH3 is 1. The number of nitrogens with one attached hydrogen (secondary N) is 1. The third kappa shape index (κ3) is 2.75.